The molecule has 0 spiro atoms. The normalized spacial score (nSPS) is 15.6. The minimum Gasteiger partial charge on any atom is -0.339 e. The number of halogens is 1. The summed E-state index contributed by atoms with van der Waals surface area (Å²) in [4.78, 5) is 17.7. The van der Waals surface area contributed by atoms with Crippen LogP contribution in [0.4, 0.5) is 11.6 Å². The number of aryl methyl sites for hydroxylation is 1. The monoisotopic (exact) mass is 367 g/mol. The van der Waals surface area contributed by atoms with Gasteiger partial charge in [-0.05, 0) is 48.3 Å². The first-order chi connectivity index (χ1) is 10.3. The Labute approximate surface area is 136 Å². The van der Waals surface area contributed by atoms with Crippen molar-refractivity contribution >= 4 is 38.6 Å². The van der Waals surface area contributed by atoms with Gasteiger partial charge in [0.2, 0.25) is 5.95 Å². The van der Waals surface area contributed by atoms with E-state index in [1.807, 2.05) is 31.4 Å². The number of hydrogen-bond acceptors (Lipinski definition) is 5. The number of aromatic nitrogens is 2. The lowest BCUT2D eigenvalue weighted by Crippen LogP contribution is -2.56. The third kappa shape index (κ3) is 2.17. The summed E-state index contributed by atoms with van der Waals surface area (Å²) in [7, 11) is 0. The average Bonchev–Trinajstić information content (AvgIpc) is 2.74. The number of rotatable bonds is 3. The molecule has 3 rings (SSSR count). The minimum atomic E-state index is -0.372. The van der Waals surface area contributed by atoms with Crippen LogP contribution in [0.2, 0.25) is 0 Å². The molecule has 1 aliphatic heterocycles. The van der Waals surface area contributed by atoms with Gasteiger partial charge in [-0.15, -0.1) is 0 Å². The number of fused-ring (bicyclic) bond motifs is 1. The SMILES string of the molecule is Cc1cc2c(nc(N3CC(N)C3)n2C(C)C)c([N+](=O)[O-])c1Br. The van der Waals surface area contributed by atoms with Gasteiger partial charge in [0.15, 0.2) is 5.52 Å². The number of anilines is 1. The summed E-state index contributed by atoms with van der Waals surface area (Å²) in [5.74, 6) is 0.757. The molecule has 118 valence electrons. The van der Waals surface area contributed by atoms with Crippen LogP contribution >= 0.6 is 15.9 Å². The Balaban J connectivity index is 2.31. The maximum absolute atomic E-state index is 11.5. The summed E-state index contributed by atoms with van der Waals surface area (Å²) in [6, 6.07) is 2.24. The maximum atomic E-state index is 11.5. The molecule has 1 aliphatic rings. The van der Waals surface area contributed by atoms with Crippen LogP contribution in [0.5, 0.6) is 0 Å². The van der Waals surface area contributed by atoms with E-state index >= 15 is 0 Å². The molecule has 2 aromatic rings. The fourth-order valence-corrected chi connectivity index (χ4v) is 3.33. The largest absolute Gasteiger partial charge is 0.339 e. The first-order valence-corrected chi connectivity index (χ1v) is 7.96. The number of nitrogens with zero attached hydrogens (tertiary/aromatic N) is 4. The van der Waals surface area contributed by atoms with Crippen molar-refractivity contribution in [2.45, 2.75) is 32.9 Å². The van der Waals surface area contributed by atoms with E-state index in [-0.39, 0.29) is 22.7 Å². The third-order valence-corrected chi connectivity index (χ3v) is 4.95. The lowest BCUT2D eigenvalue weighted by atomic mass is 10.1. The summed E-state index contributed by atoms with van der Waals surface area (Å²) in [5.41, 5.74) is 7.93. The van der Waals surface area contributed by atoms with Crippen LogP contribution in [0.15, 0.2) is 10.5 Å². The molecule has 2 N–H and O–H groups in total. The maximum Gasteiger partial charge on any atom is 0.311 e. The number of hydrogen-bond donors (Lipinski definition) is 1. The minimum absolute atomic E-state index is 0.0282. The third-order valence-electron chi connectivity index (χ3n) is 3.95. The van der Waals surface area contributed by atoms with Crippen LogP contribution in [0, 0.1) is 17.0 Å². The van der Waals surface area contributed by atoms with Crippen molar-refractivity contribution in [3.05, 3.63) is 26.2 Å². The van der Waals surface area contributed by atoms with Crippen molar-refractivity contribution in [2.75, 3.05) is 18.0 Å². The predicted molar refractivity (Wildman–Crippen MR) is 89.4 cm³/mol. The van der Waals surface area contributed by atoms with E-state index in [1.165, 1.54) is 0 Å². The lowest BCUT2D eigenvalue weighted by Gasteiger charge is -2.38. The molecule has 2 heterocycles. The molecule has 7 nitrogen and oxygen atoms in total. The average molecular weight is 368 g/mol. The fraction of sp³-hybridized carbons (Fsp3) is 0.500. The Bertz CT molecular complexity index is 764. The number of imidazole rings is 1. The second-order valence-corrected chi connectivity index (χ2v) is 6.81. The van der Waals surface area contributed by atoms with Gasteiger partial charge in [0.05, 0.1) is 10.4 Å². The highest BCUT2D eigenvalue weighted by Gasteiger charge is 2.32. The first-order valence-electron chi connectivity index (χ1n) is 7.17. The molecular weight excluding hydrogens is 350 g/mol. The highest BCUT2D eigenvalue weighted by Crippen LogP contribution is 2.39. The Morgan fingerprint density at radius 3 is 2.64 bits per heavy atom. The second-order valence-electron chi connectivity index (χ2n) is 6.02. The molecule has 1 saturated heterocycles. The highest BCUT2D eigenvalue weighted by molar-refractivity contribution is 9.10. The van der Waals surface area contributed by atoms with Crippen LogP contribution in [-0.4, -0.2) is 33.6 Å². The van der Waals surface area contributed by atoms with Crippen molar-refractivity contribution in [3.8, 4) is 0 Å². The van der Waals surface area contributed by atoms with Crippen molar-refractivity contribution in [1.82, 2.24) is 9.55 Å². The number of nitro benzene ring substituents is 1. The molecule has 22 heavy (non-hydrogen) atoms. The molecule has 0 saturated carbocycles. The van der Waals surface area contributed by atoms with Crippen LogP contribution in [0.1, 0.15) is 25.5 Å². The molecule has 0 atom stereocenters. The molecule has 0 amide bonds. The van der Waals surface area contributed by atoms with Gasteiger partial charge in [-0.1, -0.05) is 0 Å². The summed E-state index contributed by atoms with van der Waals surface area (Å²) < 4.78 is 2.54. The number of nitro groups is 1. The Morgan fingerprint density at radius 2 is 2.14 bits per heavy atom. The van der Waals surface area contributed by atoms with Crippen LogP contribution < -0.4 is 10.6 Å². The van der Waals surface area contributed by atoms with Crippen LogP contribution in [-0.2, 0) is 0 Å². The van der Waals surface area contributed by atoms with Crippen LogP contribution in [0.3, 0.4) is 0 Å². The van der Waals surface area contributed by atoms with Gasteiger partial charge in [0.1, 0.15) is 4.47 Å². The first kappa shape index (κ1) is 15.2. The molecule has 0 bridgehead atoms. The summed E-state index contributed by atoms with van der Waals surface area (Å²) >= 11 is 3.33. The summed E-state index contributed by atoms with van der Waals surface area (Å²) in [5, 5.41) is 11.5. The van der Waals surface area contributed by atoms with Crippen molar-refractivity contribution in [2.24, 2.45) is 5.73 Å². The molecule has 0 unspecified atom stereocenters. The van der Waals surface area contributed by atoms with Gasteiger partial charge >= 0.3 is 5.69 Å². The van der Waals surface area contributed by atoms with E-state index < -0.39 is 0 Å². The second kappa shape index (κ2) is 5.20. The van der Waals surface area contributed by atoms with Gasteiger partial charge in [-0.25, -0.2) is 4.98 Å². The fourth-order valence-electron chi connectivity index (χ4n) is 2.88. The molecule has 0 radical (unpaired) electrons. The molecule has 0 aliphatic carbocycles. The van der Waals surface area contributed by atoms with E-state index in [9.17, 15) is 10.1 Å². The zero-order valence-electron chi connectivity index (χ0n) is 12.7. The predicted octanol–water partition coefficient (Wildman–Crippen LogP) is 2.74. The standard InChI is InChI=1S/C14H18BrN5O2/c1-7(2)19-10-4-8(3)11(15)13(20(21)22)12(10)17-14(19)18-5-9(16)6-18/h4,7,9H,5-6,16H2,1-3H3. The van der Waals surface area contributed by atoms with E-state index in [0.29, 0.717) is 9.99 Å². The molecular formula is C14H18BrN5O2. The summed E-state index contributed by atoms with van der Waals surface area (Å²) in [6.07, 6.45) is 0. The van der Waals surface area contributed by atoms with Crippen molar-refractivity contribution < 1.29 is 4.92 Å². The Morgan fingerprint density at radius 1 is 1.50 bits per heavy atom. The smallest absolute Gasteiger partial charge is 0.311 e. The summed E-state index contributed by atoms with van der Waals surface area (Å²) in [6.45, 7) is 7.41. The molecule has 8 heteroatoms. The molecule has 1 aromatic heterocycles. The van der Waals surface area contributed by atoms with E-state index in [4.69, 9.17) is 5.73 Å². The Kier molecular flexibility index (Phi) is 3.60. The zero-order valence-corrected chi connectivity index (χ0v) is 14.3. The Hall–Kier alpha value is -1.67. The topological polar surface area (TPSA) is 90.2 Å². The van der Waals surface area contributed by atoms with Gasteiger partial charge < -0.3 is 15.2 Å². The van der Waals surface area contributed by atoms with E-state index in [1.54, 1.807) is 0 Å². The molecule has 1 fully saturated rings. The highest BCUT2D eigenvalue weighted by atomic mass is 79.9. The van der Waals surface area contributed by atoms with Gasteiger partial charge in [0.25, 0.3) is 0 Å². The van der Waals surface area contributed by atoms with E-state index in [2.05, 4.69) is 25.8 Å². The van der Waals surface area contributed by atoms with Gasteiger partial charge in [-0.2, -0.15) is 0 Å². The van der Waals surface area contributed by atoms with Gasteiger partial charge in [0, 0.05) is 25.2 Å². The lowest BCUT2D eigenvalue weighted by molar-refractivity contribution is -0.384. The quantitative estimate of drug-likeness (QED) is 0.665. The van der Waals surface area contributed by atoms with Crippen molar-refractivity contribution in [3.63, 3.8) is 0 Å². The van der Waals surface area contributed by atoms with Crippen LogP contribution in [0.25, 0.3) is 11.0 Å². The van der Waals surface area contributed by atoms with Gasteiger partial charge in [-0.3, -0.25) is 10.1 Å². The number of benzene rings is 1. The van der Waals surface area contributed by atoms with E-state index in [0.717, 1.165) is 30.1 Å². The zero-order chi connectivity index (χ0) is 16.2. The molecule has 1 aromatic carbocycles. The van der Waals surface area contributed by atoms with Crippen molar-refractivity contribution in [1.29, 1.82) is 0 Å². The number of nitrogens with two attached hydrogens (primary N) is 1.